The van der Waals surface area contributed by atoms with Gasteiger partial charge in [0.2, 0.25) is 5.91 Å². The summed E-state index contributed by atoms with van der Waals surface area (Å²) >= 11 is 1.51. The van der Waals surface area contributed by atoms with E-state index in [1.54, 1.807) is 0 Å². The van der Waals surface area contributed by atoms with Gasteiger partial charge < -0.3 is 5.32 Å². The van der Waals surface area contributed by atoms with Gasteiger partial charge in [0.25, 0.3) is 5.56 Å². The number of nitrogens with zero attached hydrogens (tertiary/aromatic N) is 2. The Hall–Kier alpha value is -2.47. The number of rotatable bonds is 5. The van der Waals surface area contributed by atoms with E-state index in [-0.39, 0.29) is 18.0 Å². The minimum absolute atomic E-state index is 0.00225. The van der Waals surface area contributed by atoms with Crippen LogP contribution < -0.4 is 10.9 Å². The number of hydrogen-bond donors (Lipinski definition) is 1. The average Bonchev–Trinajstić information content (AvgIpc) is 2.94. The van der Waals surface area contributed by atoms with Gasteiger partial charge in [0.1, 0.15) is 11.4 Å². The fourth-order valence-corrected chi connectivity index (χ4v) is 3.76. The SMILES string of the molecule is CCCNC(=O)Cn1cnc2sc(-c3ccccc3)c(C)c2c1=O. The lowest BCUT2D eigenvalue weighted by Crippen LogP contribution is -2.32. The summed E-state index contributed by atoms with van der Waals surface area (Å²) in [4.78, 5) is 30.8. The van der Waals surface area contributed by atoms with Crippen molar-refractivity contribution in [3.8, 4) is 10.4 Å². The van der Waals surface area contributed by atoms with Gasteiger partial charge in [-0.3, -0.25) is 14.2 Å². The first-order chi connectivity index (χ1) is 11.6. The molecule has 0 bridgehead atoms. The van der Waals surface area contributed by atoms with Gasteiger partial charge in [-0.25, -0.2) is 4.98 Å². The van der Waals surface area contributed by atoms with Gasteiger partial charge in [-0.05, 0) is 24.5 Å². The first-order valence-corrected chi connectivity index (χ1v) is 8.74. The molecule has 0 atom stereocenters. The van der Waals surface area contributed by atoms with Gasteiger partial charge in [0.15, 0.2) is 0 Å². The molecular formula is C18H19N3O2S. The Morgan fingerprint density at radius 3 is 2.75 bits per heavy atom. The second kappa shape index (κ2) is 6.97. The van der Waals surface area contributed by atoms with Crippen molar-refractivity contribution in [2.75, 3.05) is 6.54 Å². The standard InChI is InChI=1S/C18H19N3O2S/c1-3-9-19-14(22)10-21-11-20-17-15(18(21)23)12(2)16(24-17)13-7-5-4-6-8-13/h4-8,11H,3,9-10H2,1-2H3,(H,19,22). The van der Waals surface area contributed by atoms with Gasteiger partial charge in [0, 0.05) is 11.4 Å². The maximum Gasteiger partial charge on any atom is 0.262 e. The van der Waals surface area contributed by atoms with Crippen LogP contribution in [0, 0.1) is 6.92 Å². The minimum atomic E-state index is -0.170. The zero-order chi connectivity index (χ0) is 17.1. The molecule has 2 heterocycles. The molecule has 1 N–H and O–H groups in total. The first kappa shape index (κ1) is 16.4. The van der Waals surface area contributed by atoms with Crippen LogP contribution in [0.15, 0.2) is 41.5 Å². The van der Waals surface area contributed by atoms with Crippen LogP contribution in [0.3, 0.4) is 0 Å². The molecule has 1 amide bonds. The lowest BCUT2D eigenvalue weighted by atomic mass is 10.1. The van der Waals surface area contributed by atoms with E-state index in [0.717, 1.165) is 22.4 Å². The van der Waals surface area contributed by atoms with Crippen molar-refractivity contribution in [3.63, 3.8) is 0 Å². The number of aromatic nitrogens is 2. The normalized spacial score (nSPS) is 10.9. The van der Waals surface area contributed by atoms with Crippen LogP contribution >= 0.6 is 11.3 Å². The van der Waals surface area contributed by atoms with Crippen molar-refractivity contribution in [1.29, 1.82) is 0 Å². The zero-order valence-electron chi connectivity index (χ0n) is 13.7. The molecule has 3 aromatic rings. The second-order valence-electron chi connectivity index (χ2n) is 5.63. The van der Waals surface area contributed by atoms with Crippen LogP contribution in [-0.4, -0.2) is 22.0 Å². The molecule has 5 nitrogen and oxygen atoms in total. The molecule has 124 valence electrons. The summed E-state index contributed by atoms with van der Waals surface area (Å²) in [6.07, 6.45) is 2.32. The summed E-state index contributed by atoms with van der Waals surface area (Å²) in [6, 6.07) is 9.96. The highest BCUT2D eigenvalue weighted by atomic mass is 32.1. The van der Waals surface area contributed by atoms with Gasteiger partial charge >= 0.3 is 0 Å². The highest BCUT2D eigenvalue weighted by Crippen LogP contribution is 2.35. The van der Waals surface area contributed by atoms with Crippen LogP contribution in [0.5, 0.6) is 0 Å². The van der Waals surface area contributed by atoms with Crippen molar-refractivity contribution in [2.45, 2.75) is 26.8 Å². The molecule has 0 aliphatic carbocycles. The number of fused-ring (bicyclic) bond motifs is 1. The number of carbonyl (C=O) groups excluding carboxylic acids is 1. The smallest absolute Gasteiger partial charge is 0.262 e. The van der Waals surface area contributed by atoms with Crippen LogP contribution in [-0.2, 0) is 11.3 Å². The second-order valence-corrected chi connectivity index (χ2v) is 6.63. The third-order valence-electron chi connectivity index (χ3n) is 3.84. The molecule has 0 saturated heterocycles. The largest absolute Gasteiger partial charge is 0.355 e. The van der Waals surface area contributed by atoms with E-state index in [9.17, 15) is 9.59 Å². The quantitative estimate of drug-likeness (QED) is 0.776. The molecule has 0 spiro atoms. The van der Waals surface area contributed by atoms with Crippen molar-refractivity contribution >= 4 is 27.5 Å². The van der Waals surface area contributed by atoms with Crippen molar-refractivity contribution in [3.05, 3.63) is 52.6 Å². The van der Waals surface area contributed by atoms with Crippen molar-refractivity contribution < 1.29 is 4.79 Å². The van der Waals surface area contributed by atoms with Gasteiger partial charge in [-0.2, -0.15) is 0 Å². The van der Waals surface area contributed by atoms with Crippen LogP contribution in [0.2, 0.25) is 0 Å². The minimum Gasteiger partial charge on any atom is -0.355 e. The third kappa shape index (κ3) is 3.10. The highest BCUT2D eigenvalue weighted by molar-refractivity contribution is 7.22. The van der Waals surface area contributed by atoms with Crippen LogP contribution in [0.25, 0.3) is 20.7 Å². The van der Waals surface area contributed by atoms with Gasteiger partial charge in [-0.15, -0.1) is 11.3 Å². The first-order valence-electron chi connectivity index (χ1n) is 7.92. The maximum atomic E-state index is 12.8. The fourth-order valence-electron chi connectivity index (χ4n) is 2.61. The molecule has 0 saturated carbocycles. The van der Waals surface area contributed by atoms with Gasteiger partial charge in [-0.1, -0.05) is 37.3 Å². The molecule has 24 heavy (non-hydrogen) atoms. The molecule has 0 aliphatic rings. The number of amides is 1. The van der Waals surface area contributed by atoms with Crippen molar-refractivity contribution in [1.82, 2.24) is 14.9 Å². The number of carbonyl (C=O) groups is 1. The molecule has 1 aromatic carbocycles. The molecule has 2 aromatic heterocycles. The highest BCUT2D eigenvalue weighted by Gasteiger charge is 2.16. The third-order valence-corrected chi connectivity index (χ3v) is 5.09. The lowest BCUT2D eigenvalue weighted by molar-refractivity contribution is -0.121. The predicted octanol–water partition coefficient (Wildman–Crippen LogP) is 2.96. The molecular weight excluding hydrogens is 322 g/mol. The molecule has 0 aliphatic heterocycles. The van der Waals surface area contributed by atoms with E-state index in [0.29, 0.717) is 16.8 Å². The van der Waals surface area contributed by atoms with E-state index in [1.165, 1.54) is 22.2 Å². The fraction of sp³-hybridized carbons (Fsp3) is 0.278. The summed E-state index contributed by atoms with van der Waals surface area (Å²) in [5.41, 5.74) is 1.83. The Labute approximate surface area is 144 Å². The Morgan fingerprint density at radius 1 is 1.29 bits per heavy atom. The zero-order valence-corrected chi connectivity index (χ0v) is 14.5. The Morgan fingerprint density at radius 2 is 2.04 bits per heavy atom. The Balaban J connectivity index is 2.02. The van der Waals surface area contributed by atoms with E-state index in [2.05, 4.69) is 10.3 Å². The lowest BCUT2D eigenvalue weighted by Gasteiger charge is -2.06. The Kier molecular flexibility index (Phi) is 4.76. The number of thiophene rings is 1. The summed E-state index contributed by atoms with van der Waals surface area (Å²) < 4.78 is 1.38. The summed E-state index contributed by atoms with van der Waals surface area (Å²) in [6.45, 7) is 4.53. The van der Waals surface area contributed by atoms with Crippen LogP contribution in [0.4, 0.5) is 0 Å². The topological polar surface area (TPSA) is 64.0 Å². The summed E-state index contributed by atoms with van der Waals surface area (Å²) in [7, 11) is 0. The molecule has 6 heteroatoms. The van der Waals surface area contributed by atoms with Crippen LogP contribution in [0.1, 0.15) is 18.9 Å². The molecule has 0 radical (unpaired) electrons. The number of nitrogens with one attached hydrogen (secondary N) is 1. The molecule has 0 fully saturated rings. The molecule has 3 rings (SSSR count). The van der Waals surface area contributed by atoms with E-state index in [4.69, 9.17) is 0 Å². The Bertz CT molecular complexity index is 929. The number of benzene rings is 1. The maximum absolute atomic E-state index is 12.8. The van der Waals surface area contributed by atoms with E-state index < -0.39 is 0 Å². The van der Waals surface area contributed by atoms with E-state index >= 15 is 0 Å². The van der Waals surface area contributed by atoms with Gasteiger partial charge in [0.05, 0.1) is 11.7 Å². The molecule has 0 unspecified atom stereocenters. The summed E-state index contributed by atoms with van der Waals surface area (Å²) in [5, 5.41) is 3.38. The predicted molar refractivity (Wildman–Crippen MR) is 97.4 cm³/mol. The number of aryl methyl sites for hydroxylation is 1. The summed E-state index contributed by atoms with van der Waals surface area (Å²) in [5.74, 6) is -0.170. The number of hydrogen-bond acceptors (Lipinski definition) is 4. The van der Waals surface area contributed by atoms with Crippen molar-refractivity contribution in [2.24, 2.45) is 0 Å². The monoisotopic (exact) mass is 341 g/mol. The average molecular weight is 341 g/mol. The van der Waals surface area contributed by atoms with E-state index in [1.807, 2.05) is 44.2 Å².